The first-order valence-electron chi connectivity index (χ1n) is 5.76. The summed E-state index contributed by atoms with van der Waals surface area (Å²) in [7, 11) is 0. The first-order valence-corrected chi connectivity index (χ1v) is 5.76. The average Bonchev–Trinajstić information content (AvgIpc) is 2.43. The van der Waals surface area contributed by atoms with Crippen LogP contribution in [-0.2, 0) is 0 Å². The molecule has 14 heavy (non-hydrogen) atoms. The van der Waals surface area contributed by atoms with Crippen molar-refractivity contribution >= 4 is 6.21 Å². The van der Waals surface area contributed by atoms with Crippen molar-refractivity contribution in [3.05, 3.63) is 0 Å². The third kappa shape index (κ3) is 1.55. The molecular weight excluding hydrogens is 172 g/mol. The Balaban J connectivity index is 2.95. The second kappa shape index (κ2) is 3.92. The van der Waals surface area contributed by atoms with E-state index >= 15 is 0 Å². The van der Waals surface area contributed by atoms with Crippen LogP contribution in [-0.4, -0.2) is 23.3 Å². The number of nitrogens with zero attached hydrogens (tertiary/aromatic N) is 2. The Hall–Kier alpha value is -0.530. The molecule has 1 rings (SSSR count). The predicted molar refractivity (Wildman–Crippen MR) is 62.4 cm³/mol. The third-order valence-corrected chi connectivity index (χ3v) is 3.78. The second-order valence-corrected chi connectivity index (χ2v) is 5.13. The van der Waals surface area contributed by atoms with Gasteiger partial charge in [-0.1, -0.05) is 27.7 Å². The van der Waals surface area contributed by atoms with Crippen molar-refractivity contribution in [3.63, 3.8) is 0 Å². The van der Waals surface area contributed by atoms with Gasteiger partial charge in [-0.25, -0.2) is 0 Å². The molecule has 0 aliphatic carbocycles. The molecule has 82 valence electrons. The van der Waals surface area contributed by atoms with Crippen molar-refractivity contribution in [3.8, 4) is 0 Å². The van der Waals surface area contributed by atoms with Gasteiger partial charge in [0.05, 0.1) is 5.54 Å². The van der Waals surface area contributed by atoms with Crippen LogP contribution < -0.4 is 0 Å². The largest absolute Gasteiger partial charge is 0.291 e. The monoisotopic (exact) mass is 196 g/mol. The molecule has 2 heteroatoms. The molecule has 0 aromatic carbocycles. The zero-order valence-corrected chi connectivity index (χ0v) is 10.4. The summed E-state index contributed by atoms with van der Waals surface area (Å²) in [5.41, 5.74) is 0.211. The molecule has 0 bridgehead atoms. The van der Waals surface area contributed by atoms with Gasteiger partial charge < -0.3 is 0 Å². The van der Waals surface area contributed by atoms with Gasteiger partial charge >= 0.3 is 0 Å². The van der Waals surface area contributed by atoms with Gasteiger partial charge in [0.25, 0.3) is 0 Å². The molecule has 0 radical (unpaired) electrons. The van der Waals surface area contributed by atoms with E-state index in [1.165, 1.54) is 0 Å². The molecule has 0 saturated carbocycles. The van der Waals surface area contributed by atoms with Crippen LogP contribution in [0.4, 0.5) is 0 Å². The van der Waals surface area contributed by atoms with Gasteiger partial charge in [-0.15, -0.1) is 0 Å². The lowest BCUT2D eigenvalue weighted by atomic mass is 9.72. The molecule has 0 aromatic heterocycles. The summed E-state index contributed by atoms with van der Waals surface area (Å²) in [5.74, 6) is 1.89. The van der Waals surface area contributed by atoms with Gasteiger partial charge in [0.2, 0.25) is 0 Å². The van der Waals surface area contributed by atoms with Crippen LogP contribution in [0.3, 0.4) is 0 Å². The molecule has 0 saturated heterocycles. The number of hydrogen-bond acceptors (Lipinski definition) is 2. The van der Waals surface area contributed by atoms with Crippen LogP contribution in [0.2, 0.25) is 0 Å². The molecule has 0 N–H and O–H groups in total. The van der Waals surface area contributed by atoms with Crippen molar-refractivity contribution in [2.45, 2.75) is 47.1 Å². The highest BCUT2D eigenvalue weighted by Gasteiger charge is 2.45. The van der Waals surface area contributed by atoms with E-state index in [0.717, 1.165) is 6.54 Å². The van der Waals surface area contributed by atoms with Gasteiger partial charge in [-0.05, 0) is 25.7 Å². The molecular formula is C12H24N2. The number of hydrogen-bond donors (Lipinski definition) is 0. The molecule has 1 unspecified atom stereocenters. The van der Waals surface area contributed by atoms with Gasteiger partial charge in [0, 0.05) is 18.7 Å². The highest BCUT2D eigenvalue weighted by atomic mass is 15.5. The van der Waals surface area contributed by atoms with Crippen molar-refractivity contribution in [1.82, 2.24) is 5.01 Å². The van der Waals surface area contributed by atoms with Crippen LogP contribution >= 0.6 is 0 Å². The van der Waals surface area contributed by atoms with E-state index in [9.17, 15) is 0 Å². The molecule has 1 aliphatic heterocycles. The maximum absolute atomic E-state index is 4.54. The lowest BCUT2D eigenvalue weighted by Crippen LogP contribution is -2.51. The number of rotatable bonds is 3. The Kier molecular flexibility index (Phi) is 3.23. The van der Waals surface area contributed by atoms with Crippen molar-refractivity contribution < 1.29 is 0 Å². The Labute approximate surface area is 88.4 Å². The summed E-state index contributed by atoms with van der Waals surface area (Å²) in [6.07, 6.45) is 2.15. The summed E-state index contributed by atoms with van der Waals surface area (Å²) in [5, 5.41) is 6.79. The minimum Gasteiger partial charge on any atom is -0.291 e. The third-order valence-electron chi connectivity index (χ3n) is 3.78. The summed E-state index contributed by atoms with van der Waals surface area (Å²) in [6, 6.07) is 0. The minimum absolute atomic E-state index is 0.211. The van der Waals surface area contributed by atoms with Gasteiger partial charge in [0.15, 0.2) is 0 Å². The predicted octanol–water partition coefficient (Wildman–Crippen LogP) is 2.99. The Morgan fingerprint density at radius 3 is 2.29 bits per heavy atom. The molecule has 0 fully saturated rings. The van der Waals surface area contributed by atoms with E-state index in [1.807, 2.05) is 0 Å². The first kappa shape index (κ1) is 11.5. The van der Waals surface area contributed by atoms with Gasteiger partial charge in [-0.2, -0.15) is 5.10 Å². The number of hydrazone groups is 1. The summed E-state index contributed by atoms with van der Waals surface area (Å²) >= 11 is 0. The molecule has 0 amide bonds. The fraction of sp³-hybridized carbons (Fsp3) is 0.917. The Bertz CT molecular complexity index is 220. The summed E-state index contributed by atoms with van der Waals surface area (Å²) in [4.78, 5) is 0. The van der Waals surface area contributed by atoms with Crippen LogP contribution in [0.5, 0.6) is 0 Å². The van der Waals surface area contributed by atoms with Crippen molar-refractivity contribution in [2.24, 2.45) is 22.9 Å². The van der Waals surface area contributed by atoms with E-state index in [-0.39, 0.29) is 5.54 Å². The van der Waals surface area contributed by atoms with Crippen LogP contribution in [0, 0.1) is 17.8 Å². The minimum atomic E-state index is 0.211. The molecule has 0 aromatic rings. The fourth-order valence-corrected chi connectivity index (χ4v) is 2.55. The molecule has 1 aliphatic rings. The average molecular weight is 196 g/mol. The standard InChI is InChI=1S/C12H24N2/c1-7-14-12(6,10(4)5)11(8-13-14)9(2)3/h8-11H,7H2,1-6H3/t11?,12-/m0/s1. The Morgan fingerprint density at radius 1 is 1.36 bits per heavy atom. The Morgan fingerprint density at radius 2 is 1.93 bits per heavy atom. The molecule has 1 heterocycles. The first-order chi connectivity index (χ1) is 6.44. The van der Waals surface area contributed by atoms with E-state index in [4.69, 9.17) is 0 Å². The molecule has 2 nitrogen and oxygen atoms in total. The van der Waals surface area contributed by atoms with Crippen LogP contribution in [0.15, 0.2) is 5.10 Å². The van der Waals surface area contributed by atoms with Gasteiger partial charge in [-0.3, -0.25) is 5.01 Å². The van der Waals surface area contributed by atoms with E-state index in [2.05, 4.69) is 57.9 Å². The van der Waals surface area contributed by atoms with Crippen LogP contribution in [0.25, 0.3) is 0 Å². The quantitative estimate of drug-likeness (QED) is 0.677. The second-order valence-electron chi connectivity index (χ2n) is 5.13. The normalized spacial score (nSPS) is 32.3. The van der Waals surface area contributed by atoms with Crippen molar-refractivity contribution in [1.29, 1.82) is 0 Å². The van der Waals surface area contributed by atoms with Gasteiger partial charge in [0.1, 0.15) is 0 Å². The van der Waals surface area contributed by atoms with Crippen LogP contribution in [0.1, 0.15) is 41.5 Å². The molecule has 0 spiro atoms. The maximum Gasteiger partial charge on any atom is 0.0654 e. The summed E-state index contributed by atoms with van der Waals surface area (Å²) in [6.45, 7) is 14.7. The highest BCUT2D eigenvalue weighted by Crippen LogP contribution is 2.39. The zero-order valence-electron chi connectivity index (χ0n) is 10.4. The smallest absolute Gasteiger partial charge is 0.0654 e. The topological polar surface area (TPSA) is 15.6 Å². The van der Waals surface area contributed by atoms with E-state index in [1.54, 1.807) is 0 Å². The maximum atomic E-state index is 4.54. The van der Waals surface area contributed by atoms with Crippen molar-refractivity contribution in [2.75, 3.05) is 6.54 Å². The lowest BCUT2D eigenvalue weighted by molar-refractivity contribution is 0.0446. The lowest BCUT2D eigenvalue weighted by Gasteiger charge is -2.43. The summed E-state index contributed by atoms with van der Waals surface area (Å²) < 4.78 is 0. The highest BCUT2D eigenvalue weighted by molar-refractivity contribution is 5.65. The fourth-order valence-electron chi connectivity index (χ4n) is 2.55. The molecule has 2 atom stereocenters. The SMILES string of the molecule is CCN1N=CC(C(C)C)[C@]1(C)C(C)C. The van der Waals surface area contributed by atoms with E-state index < -0.39 is 0 Å². The zero-order chi connectivity index (χ0) is 10.9. The van der Waals surface area contributed by atoms with E-state index in [0.29, 0.717) is 17.8 Å².